The number of rotatable bonds is 6. The Hall–Kier alpha value is -2.94. The molecule has 1 aromatic carbocycles. The third kappa shape index (κ3) is 3.77. The lowest BCUT2D eigenvalue weighted by molar-refractivity contribution is -0.144. The monoisotopic (exact) mass is 374 g/mol. The lowest BCUT2D eigenvalue weighted by Crippen LogP contribution is -2.55. The highest BCUT2D eigenvalue weighted by Crippen LogP contribution is 2.21. The number of carboxylic acids is 1. The van der Waals surface area contributed by atoms with Crippen molar-refractivity contribution in [2.24, 2.45) is 0 Å². The SMILES string of the molecule is Cc1c(C(=O)NC2(C(=O)O)CCOC2)nnn1-c1ccc(OC(C)C)cc1. The van der Waals surface area contributed by atoms with E-state index in [2.05, 4.69) is 15.6 Å². The second-order valence-corrected chi connectivity index (χ2v) is 6.74. The molecule has 0 spiro atoms. The van der Waals surface area contributed by atoms with E-state index in [4.69, 9.17) is 9.47 Å². The van der Waals surface area contributed by atoms with Crippen LogP contribution in [0.4, 0.5) is 0 Å². The molecule has 9 nitrogen and oxygen atoms in total. The molecule has 1 aliphatic rings. The summed E-state index contributed by atoms with van der Waals surface area (Å²) in [5.41, 5.74) is -0.134. The highest BCUT2D eigenvalue weighted by atomic mass is 16.5. The van der Waals surface area contributed by atoms with Crippen molar-refractivity contribution < 1.29 is 24.2 Å². The van der Waals surface area contributed by atoms with Crippen molar-refractivity contribution >= 4 is 11.9 Å². The van der Waals surface area contributed by atoms with Crippen molar-refractivity contribution in [2.75, 3.05) is 13.2 Å². The lowest BCUT2D eigenvalue weighted by Gasteiger charge is -2.23. The average Bonchev–Trinajstić information content (AvgIpc) is 3.23. The maximum atomic E-state index is 12.6. The predicted molar refractivity (Wildman–Crippen MR) is 95.1 cm³/mol. The number of benzene rings is 1. The summed E-state index contributed by atoms with van der Waals surface area (Å²) >= 11 is 0. The van der Waals surface area contributed by atoms with Crippen LogP contribution in [0.25, 0.3) is 5.69 Å². The molecule has 1 unspecified atom stereocenters. The Balaban J connectivity index is 1.80. The minimum Gasteiger partial charge on any atom is -0.491 e. The number of amides is 1. The summed E-state index contributed by atoms with van der Waals surface area (Å²) in [6, 6.07) is 7.24. The standard InChI is InChI=1S/C18H22N4O5/c1-11(2)27-14-6-4-13(5-7-14)22-12(3)15(20-21-22)16(23)19-18(17(24)25)8-9-26-10-18/h4-7,11H,8-10H2,1-3H3,(H,19,23)(H,24,25). The van der Waals surface area contributed by atoms with Crippen LogP contribution < -0.4 is 10.1 Å². The topological polar surface area (TPSA) is 116 Å². The summed E-state index contributed by atoms with van der Waals surface area (Å²) in [4.78, 5) is 24.1. The molecule has 1 fully saturated rings. The van der Waals surface area contributed by atoms with Crippen LogP contribution in [0.15, 0.2) is 24.3 Å². The predicted octanol–water partition coefficient (Wildman–Crippen LogP) is 1.34. The zero-order valence-electron chi connectivity index (χ0n) is 15.4. The van der Waals surface area contributed by atoms with E-state index in [1.54, 1.807) is 6.92 Å². The van der Waals surface area contributed by atoms with Crippen molar-refractivity contribution in [3.05, 3.63) is 35.7 Å². The summed E-state index contributed by atoms with van der Waals surface area (Å²) in [5, 5.41) is 20.0. The molecule has 1 saturated heterocycles. The van der Waals surface area contributed by atoms with E-state index in [1.807, 2.05) is 38.1 Å². The number of hydrogen-bond donors (Lipinski definition) is 2. The molecule has 2 N–H and O–H groups in total. The van der Waals surface area contributed by atoms with E-state index in [0.29, 0.717) is 11.4 Å². The van der Waals surface area contributed by atoms with Gasteiger partial charge in [-0.1, -0.05) is 5.21 Å². The van der Waals surface area contributed by atoms with Crippen LogP contribution >= 0.6 is 0 Å². The van der Waals surface area contributed by atoms with Crippen LogP contribution in [0.1, 0.15) is 36.5 Å². The lowest BCUT2D eigenvalue weighted by atomic mass is 9.99. The van der Waals surface area contributed by atoms with Gasteiger partial charge in [-0.3, -0.25) is 4.79 Å². The normalized spacial score (nSPS) is 19.3. The van der Waals surface area contributed by atoms with Crippen molar-refractivity contribution in [3.8, 4) is 11.4 Å². The Bertz CT molecular complexity index is 838. The number of nitrogens with zero attached hydrogens (tertiary/aromatic N) is 3. The summed E-state index contributed by atoms with van der Waals surface area (Å²) in [6.07, 6.45) is 0.277. The summed E-state index contributed by atoms with van der Waals surface area (Å²) in [6.45, 7) is 5.80. The Labute approximate surface area is 156 Å². The highest BCUT2D eigenvalue weighted by Gasteiger charge is 2.44. The molecular formula is C18H22N4O5. The molecule has 0 aliphatic carbocycles. The van der Waals surface area contributed by atoms with Gasteiger partial charge in [0, 0.05) is 13.0 Å². The van der Waals surface area contributed by atoms with Gasteiger partial charge in [-0.05, 0) is 45.0 Å². The number of nitrogens with one attached hydrogen (secondary N) is 1. The molecule has 2 aromatic rings. The molecule has 0 radical (unpaired) electrons. The van der Waals surface area contributed by atoms with Gasteiger partial charge in [0.25, 0.3) is 5.91 Å². The fraction of sp³-hybridized carbons (Fsp3) is 0.444. The average molecular weight is 374 g/mol. The number of aliphatic carboxylic acids is 1. The molecule has 9 heteroatoms. The van der Waals surface area contributed by atoms with Crippen LogP contribution in [0.2, 0.25) is 0 Å². The first-order chi connectivity index (χ1) is 12.8. The van der Waals surface area contributed by atoms with Crippen molar-refractivity contribution in [2.45, 2.75) is 38.8 Å². The molecule has 144 valence electrons. The van der Waals surface area contributed by atoms with Crippen LogP contribution in [0.3, 0.4) is 0 Å². The third-order valence-electron chi connectivity index (χ3n) is 4.35. The second kappa shape index (κ2) is 7.36. The van der Waals surface area contributed by atoms with Gasteiger partial charge < -0.3 is 19.9 Å². The maximum Gasteiger partial charge on any atom is 0.331 e. The van der Waals surface area contributed by atoms with Crippen LogP contribution in [0.5, 0.6) is 5.75 Å². The van der Waals surface area contributed by atoms with Crippen LogP contribution in [-0.2, 0) is 9.53 Å². The summed E-state index contributed by atoms with van der Waals surface area (Å²) < 4.78 is 12.3. The van der Waals surface area contributed by atoms with Crippen molar-refractivity contribution in [1.29, 1.82) is 0 Å². The highest BCUT2D eigenvalue weighted by molar-refractivity contribution is 5.97. The Kier molecular flexibility index (Phi) is 5.13. The zero-order chi connectivity index (χ0) is 19.6. The van der Waals surface area contributed by atoms with Gasteiger partial charge in [0.1, 0.15) is 5.75 Å². The van der Waals surface area contributed by atoms with E-state index < -0.39 is 17.4 Å². The Morgan fingerprint density at radius 3 is 2.59 bits per heavy atom. The Morgan fingerprint density at radius 1 is 1.33 bits per heavy atom. The van der Waals surface area contributed by atoms with Gasteiger partial charge in [-0.15, -0.1) is 5.10 Å². The van der Waals surface area contributed by atoms with E-state index >= 15 is 0 Å². The first-order valence-electron chi connectivity index (χ1n) is 8.65. The number of carbonyl (C=O) groups is 2. The number of ether oxygens (including phenoxy) is 2. The first kappa shape index (κ1) is 18.8. The largest absolute Gasteiger partial charge is 0.491 e. The maximum absolute atomic E-state index is 12.6. The van der Waals surface area contributed by atoms with E-state index in [-0.39, 0.29) is 31.4 Å². The molecular weight excluding hydrogens is 352 g/mol. The molecule has 0 saturated carbocycles. The van der Waals surface area contributed by atoms with Crippen LogP contribution in [-0.4, -0.2) is 56.8 Å². The fourth-order valence-corrected chi connectivity index (χ4v) is 2.88. The van der Waals surface area contributed by atoms with Crippen molar-refractivity contribution in [1.82, 2.24) is 20.3 Å². The smallest absolute Gasteiger partial charge is 0.331 e. The van der Waals surface area contributed by atoms with E-state index in [0.717, 1.165) is 5.75 Å². The molecule has 1 aromatic heterocycles. The van der Waals surface area contributed by atoms with Gasteiger partial charge in [0.2, 0.25) is 0 Å². The molecule has 0 bridgehead atoms. The third-order valence-corrected chi connectivity index (χ3v) is 4.35. The van der Waals surface area contributed by atoms with E-state index in [1.165, 1.54) is 4.68 Å². The molecule has 1 atom stereocenters. The minimum atomic E-state index is -1.43. The van der Waals surface area contributed by atoms with E-state index in [9.17, 15) is 14.7 Å². The Morgan fingerprint density at radius 2 is 2.04 bits per heavy atom. The fourth-order valence-electron chi connectivity index (χ4n) is 2.88. The molecule has 1 amide bonds. The van der Waals surface area contributed by atoms with Gasteiger partial charge in [-0.2, -0.15) is 0 Å². The van der Waals surface area contributed by atoms with Crippen molar-refractivity contribution in [3.63, 3.8) is 0 Å². The quantitative estimate of drug-likeness (QED) is 0.784. The van der Waals surface area contributed by atoms with Gasteiger partial charge >= 0.3 is 5.97 Å². The molecule has 3 rings (SSSR count). The number of aromatic nitrogens is 3. The van der Waals surface area contributed by atoms with Gasteiger partial charge in [0.05, 0.1) is 24.1 Å². The molecule has 1 aliphatic heterocycles. The number of carboxylic acid groups (broad SMARTS) is 1. The summed E-state index contributed by atoms with van der Waals surface area (Å²) in [5.74, 6) is -0.986. The molecule has 2 heterocycles. The van der Waals surface area contributed by atoms with Gasteiger partial charge in [-0.25, -0.2) is 9.48 Å². The second-order valence-electron chi connectivity index (χ2n) is 6.74. The van der Waals surface area contributed by atoms with Gasteiger partial charge in [0.15, 0.2) is 11.2 Å². The number of carbonyl (C=O) groups excluding carboxylic acids is 1. The zero-order valence-corrected chi connectivity index (χ0v) is 15.4. The van der Waals surface area contributed by atoms with Crippen LogP contribution in [0, 0.1) is 6.92 Å². The number of hydrogen-bond acceptors (Lipinski definition) is 6. The minimum absolute atomic E-state index is 0.0698. The first-order valence-corrected chi connectivity index (χ1v) is 8.65. The molecule has 27 heavy (non-hydrogen) atoms. The summed E-state index contributed by atoms with van der Waals surface area (Å²) in [7, 11) is 0.